The zero-order valence-corrected chi connectivity index (χ0v) is 9.80. The normalized spacial score (nSPS) is 21.8. The van der Waals surface area contributed by atoms with Crippen molar-refractivity contribution in [2.75, 3.05) is 18.0 Å². The molecule has 0 saturated carbocycles. The smallest absolute Gasteiger partial charge is 0.0426 e. The molecule has 0 spiro atoms. The van der Waals surface area contributed by atoms with Gasteiger partial charge in [0, 0.05) is 29.8 Å². The Balaban J connectivity index is 2.24. The van der Waals surface area contributed by atoms with Crippen LogP contribution in [-0.4, -0.2) is 19.1 Å². The molecule has 2 rings (SSSR count). The molecule has 1 aliphatic heterocycles. The highest BCUT2D eigenvalue weighted by Crippen LogP contribution is 2.26. The molecular formula is C12H17ClN2. The van der Waals surface area contributed by atoms with Crippen LogP contribution in [0.5, 0.6) is 0 Å². The van der Waals surface area contributed by atoms with E-state index in [1.54, 1.807) is 0 Å². The zero-order chi connectivity index (χ0) is 10.8. The Morgan fingerprint density at radius 3 is 3.00 bits per heavy atom. The highest BCUT2D eigenvalue weighted by Gasteiger charge is 2.18. The van der Waals surface area contributed by atoms with Crippen molar-refractivity contribution >= 4 is 17.3 Å². The second-order valence-corrected chi connectivity index (χ2v) is 4.72. The number of nitrogens with two attached hydrogens (primary N) is 1. The third-order valence-corrected chi connectivity index (χ3v) is 3.20. The van der Waals surface area contributed by atoms with Crippen LogP contribution in [0.4, 0.5) is 5.69 Å². The van der Waals surface area contributed by atoms with Crippen molar-refractivity contribution in [1.29, 1.82) is 0 Å². The molecule has 2 nitrogen and oxygen atoms in total. The number of rotatable bonds is 1. The van der Waals surface area contributed by atoms with E-state index in [0.717, 1.165) is 24.5 Å². The minimum atomic E-state index is 0.303. The van der Waals surface area contributed by atoms with Gasteiger partial charge in [0.25, 0.3) is 0 Å². The molecule has 1 aromatic rings. The summed E-state index contributed by atoms with van der Waals surface area (Å²) in [5.41, 5.74) is 8.48. The van der Waals surface area contributed by atoms with Gasteiger partial charge in [0.1, 0.15) is 0 Å². The van der Waals surface area contributed by atoms with Gasteiger partial charge in [0.2, 0.25) is 0 Å². The number of aryl methyl sites for hydroxylation is 1. The molecular weight excluding hydrogens is 208 g/mol. The first kappa shape index (κ1) is 10.8. The van der Waals surface area contributed by atoms with Crippen LogP contribution in [0.3, 0.4) is 0 Å². The van der Waals surface area contributed by atoms with E-state index >= 15 is 0 Å². The van der Waals surface area contributed by atoms with Gasteiger partial charge in [-0.15, -0.1) is 0 Å². The number of nitrogens with zero attached hydrogens (tertiary/aromatic N) is 1. The standard InChI is InChI=1S/C12H17ClN2/c1-9-4-5-10(13)7-12(9)15-6-2-3-11(14)8-15/h4-5,7,11H,2-3,6,8,14H2,1H3/t11-/m1/s1. The molecule has 1 aromatic carbocycles. The summed E-state index contributed by atoms with van der Waals surface area (Å²) in [6.45, 7) is 4.15. The van der Waals surface area contributed by atoms with Crippen molar-refractivity contribution in [3.05, 3.63) is 28.8 Å². The topological polar surface area (TPSA) is 29.3 Å². The van der Waals surface area contributed by atoms with E-state index in [1.807, 2.05) is 12.1 Å². The summed E-state index contributed by atoms with van der Waals surface area (Å²) >= 11 is 6.01. The number of halogens is 1. The van der Waals surface area contributed by atoms with Crippen LogP contribution < -0.4 is 10.6 Å². The molecule has 0 radical (unpaired) electrons. The van der Waals surface area contributed by atoms with E-state index < -0.39 is 0 Å². The molecule has 3 heteroatoms. The largest absolute Gasteiger partial charge is 0.370 e. The maximum atomic E-state index is 6.01. The molecule has 15 heavy (non-hydrogen) atoms. The molecule has 0 aliphatic carbocycles. The van der Waals surface area contributed by atoms with Crippen LogP contribution in [0.15, 0.2) is 18.2 Å². The molecule has 0 amide bonds. The van der Waals surface area contributed by atoms with Gasteiger partial charge >= 0.3 is 0 Å². The Hall–Kier alpha value is -0.730. The van der Waals surface area contributed by atoms with E-state index in [-0.39, 0.29) is 0 Å². The van der Waals surface area contributed by atoms with E-state index in [9.17, 15) is 0 Å². The van der Waals surface area contributed by atoms with Crippen molar-refractivity contribution in [2.45, 2.75) is 25.8 Å². The van der Waals surface area contributed by atoms with Crippen molar-refractivity contribution in [1.82, 2.24) is 0 Å². The van der Waals surface area contributed by atoms with Crippen LogP contribution in [0.1, 0.15) is 18.4 Å². The van der Waals surface area contributed by atoms with Crippen LogP contribution in [0, 0.1) is 6.92 Å². The first-order valence-corrected chi connectivity index (χ1v) is 5.81. The lowest BCUT2D eigenvalue weighted by molar-refractivity contribution is 0.505. The summed E-state index contributed by atoms with van der Waals surface area (Å²) in [5.74, 6) is 0. The quantitative estimate of drug-likeness (QED) is 0.795. The second kappa shape index (κ2) is 4.42. The van der Waals surface area contributed by atoms with Crippen molar-refractivity contribution in [3.63, 3.8) is 0 Å². The second-order valence-electron chi connectivity index (χ2n) is 4.28. The van der Waals surface area contributed by atoms with E-state index in [2.05, 4.69) is 17.9 Å². The molecule has 1 saturated heterocycles. The maximum absolute atomic E-state index is 6.01. The van der Waals surface area contributed by atoms with Crippen molar-refractivity contribution < 1.29 is 0 Å². The van der Waals surface area contributed by atoms with Gasteiger partial charge in [-0.2, -0.15) is 0 Å². The van der Waals surface area contributed by atoms with Crippen LogP contribution >= 0.6 is 11.6 Å². The lowest BCUT2D eigenvalue weighted by Crippen LogP contribution is -2.43. The molecule has 0 aromatic heterocycles. The fraction of sp³-hybridized carbons (Fsp3) is 0.500. The fourth-order valence-corrected chi connectivity index (χ4v) is 2.32. The van der Waals surface area contributed by atoms with Gasteiger partial charge in [-0.05, 0) is 37.5 Å². The lowest BCUT2D eigenvalue weighted by Gasteiger charge is -2.33. The van der Waals surface area contributed by atoms with Crippen molar-refractivity contribution in [2.24, 2.45) is 5.73 Å². The molecule has 0 bridgehead atoms. The fourth-order valence-electron chi connectivity index (χ4n) is 2.15. The maximum Gasteiger partial charge on any atom is 0.0426 e. The molecule has 0 unspecified atom stereocenters. The third-order valence-electron chi connectivity index (χ3n) is 2.97. The first-order chi connectivity index (χ1) is 7.16. The summed E-state index contributed by atoms with van der Waals surface area (Å²) < 4.78 is 0. The Labute approximate surface area is 96.0 Å². The van der Waals surface area contributed by atoms with Gasteiger partial charge in [-0.25, -0.2) is 0 Å². The average Bonchev–Trinajstić information content (AvgIpc) is 2.22. The van der Waals surface area contributed by atoms with Crippen LogP contribution in [-0.2, 0) is 0 Å². The van der Waals surface area contributed by atoms with E-state index in [4.69, 9.17) is 17.3 Å². The molecule has 1 atom stereocenters. The minimum absolute atomic E-state index is 0.303. The third kappa shape index (κ3) is 2.44. The van der Waals surface area contributed by atoms with Gasteiger partial charge in [0.15, 0.2) is 0 Å². The van der Waals surface area contributed by atoms with E-state index in [0.29, 0.717) is 6.04 Å². The molecule has 1 heterocycles. The van der Waals surface area contributed by atoms with Gasteiger partial charge in [-0.1, -0.05) is 17.7 Å². The molecule has 1 fully saturated rings. The number of hydrogen-bond acceptors (Lipinski definition) is 2. The number of anilines is 1. The first-order valence-electron chi connectivity index (χ1n) is 5.43. The summed E-state index contributed by atoms with van der Waals surface area (Å²) in [6.07, 6.45) is 2.31. The molecule has 2 N–H and O–H groups in total. The Kier molecular flexibility index (Phi) is 3.17. The zero-order valence-electron chi connectivity index (χ0n) is 9.04. The van der Waals surface area contributed by atoms with Gasteiger partial charge < -0.3 is 10.6 Å². The molecule has 1 aliphatic rings. The monoisotopic (exact) mass is 224 g/mol. The highest BCUT2D eigenvalue weighted by atomic mass is 35.5. The summed E-state index contributed by atoms with van der Waals surface area (Å²) in [7, 11) is 0. The minimum Gasteiger partial charge on any atom is -0.370 e. The Morgan fingerprint density at radius 2 is 2.27 bits per heavy atom. The van der Waals surface area contributed by atoms with Gasteiger partial charge in [0.05, 0.1) is 0 Å². The number of hydrogen-bond donors (Lipinski definition) is 1. The lowest BCUT2D eigenvalue weighted by atomic mass is 10.0. The number of piperidine rings is 1. The average molecular weight is 225 g/mol. The predicted octanol–water partition coefficient (Wildman–Crippen LogP) is 2.58. The summed E-state index contributed by atoms with van der Waals surface area (Å²) in [4.78, 5) is 2.34. The highest BCUT2D eigenvalue weighted by molar-refractivity contribution is 6.30. The summed E-state index contributed by atoms with van der Waals surface area (Å²) in [5, 5.41) is 0.801. The van der Waals surface area contributed by atoms with Crippen molar-refractivity contribution in [3.8, 4) is 0 Å². The van der Waals surface area contributed by atoms with Gasteiger partial charge in [-0.3, -0.25) is 0 Å². The molecule has 82 valence electrons. The SMILES string of the molecule is Cc1ccc(Cl)cc1N1CCC[C@@H](N)C1. The summed E-state index contributed by atoms with van der Waals surface area (Å²) in [6, 6.07) is 6.34. The Bertz CT molecular complexity index is 351. The number of benzene rings is 1. The van der Waals surface area contributed by atoms with E-state index in [1.165, 1.54) is 17.7 Å². The van der Waals surface area contributed by atoms with Crippen LogP contribution in [0.25, 0.3) is 0 Å². The van der Waals surface area contributed by atoms with Crippen LogP contribution in [0.2, 0.25) is 5.02 Å². The predicted molar refractivity (Wildman–Crippen MR) is 65.6 cm³/mol. The Morgan fingerprint density at radius 1 is 1.47 bits per heavy atom.